The van der Waals surface area contributed by atoms with Crippen LogP contribution in [-0.2, 0) is 6.54 Å². The summed E-state index contributed by atoms with van der Waals surface area (Å²) >= 11 is 0. The van der Waals surface area contributed by atoms with Gasteiger partial charge >= 0.3 is 0 Å². The first-order valence-corrected chi connectivity index (χ1v) is 6.70. The van der Waals surface area contributed by atoms with Gasteiger partial charge in [-0.15, -0.1) is 0 Å². The molecule has 18 heavy (non-hydrogen) atoms. The summed E-state index contributed by atoms with van der Waals surface area (Å²) in [7, 11) is 0. The van der Waals surface area contributed by atoms with Crippen LogP contribution in [0, 0.1) is 0 Å². The van der Waals surface area contributed by atoms with Gasteiger partial charge in [-0.05, 0) is 20.8 Å². The lowest BCUT2D eigenvalue weighted by atomic mass is 10.1. The fourth-order valence-corrected chi connectivity index (χ4v) is 2.48. The zero-order valence-electron chi connectivity index (χ0n) is 11.6. The summed E-state index contributed by atoms with van der Waals surface area (Å²) in [5.41, 5.74) is -0.607. The third-order valence-electron chi connectivity index (χ3n) is 3.30. The van der Waals surface area contributed by atoms with E-state index >= 15 is 0 Å². The highest BCUT2D eigenvalue weighted by atomic mass is 16.3. The van der Waals surface area contributed by atoms with Gasteiger partial charge in [0.15, 0.2) is 0 Å². The average Bonchev–Trinajstić information content (AvgIpc) is 2.76. The monoisotopic (exact) mass is 252 g/mol. The lowest BCUT2D eigenvalue weighted by Gasteiger charge is -2.37. The number of aliphatic hydroxyl groups is 1. The van der Waals surface area contributed by atoms with Gasteiger partial charge in [-0.2, -0.15) is 0 Å². The summed E-state index contributed by atoms with van der Waals surface area (Å²) in [6.45, 7) is 11.5. The Kier molecular flexibility index (Phi) is 3.92. The maximum atomic E-state index is 9.83. The highest BCUT2D eigenvalue weighted by Gasteiger charge is 2.24. The lowest BCUT2D eigenvalue weighted by molar-refractivity contribution is 0.0344. The summed E-state index contributed by atoms with van der Waals surface area (Å²) in [6.07, 6.45) is 3.89. The first-order valence-electron chi connectivity index (χ1n) is 6.70. The van der Waals surface area contributed by atoms with Crippen LogP contribution in [0.4, 0.5) is 5.95 Å². The predicted octanol–water partition coefficient (Wildman–Crippen LogP) is 0.796. The molecule has 5 nitrogen and oxygen atoms in total. The Morgan fingerprint density at radius 3 is 2.50 bits per heavy atom. The number of β-amino-alcohol motifs (C(OH)–C–C–N with tert-alkyl or cyclic N) is 1. The van der Waals surface area contributed by atoms with Crippen molar-refractivity contribution in [1.29, 1.82) is 0 Å². The van der Waals surface area contributed by atoms with Crippen molar-refractivity contribution in [2.75, 3.05) is 37.6 Å². The third kappa shape index (κ3) is 3.23. The van der Waals surface area contributed by atoms with Gasteiger partial charge in [0.05, 0.1) is 5.60 Å². The number of aryl methyl sites for hydroxylation is 1. The maximum absolute atomic E-state index is 9.83. The summed E-state index contributed by atoms with van der Waals surface area (Å²) in [6, 6.07) is 0. The molecule has 2 heterocycles. The molecule has 0 bridgehead atoms. The molecule has 0 spiro atoms. The molecule has 1 aromatic rings. The molecule has 0 aliphatic carbocycles. The van der Waals surface area contributed by atoms with Crippen molar-refractivity contribution in [3.8, 4) is 0 Å². The van der Waals surface area contributed by atoms with Gasteiger partial charge in [-0.1, -0.05) is 0 Å². The predicted molar refractivity (Wildman–Crippen MR) is 72.9 cm³/mol. The van der Waals surface area contributed by atoms with Gasteiger partial charge in [0.25, 0.3) is 0 Å². The van der Waals surface area contributed by atoms with E-state index < -0.39 is 5.60 Å². The molecule has 0 aromatic carbocycles. The molecule has 1 aliphatic heterocycles. The van der Waals surface area contributed by atoms with E-state index in [1.807, 2.05) is 26.2 Å². The molecule has 1 aliphatic rings. The normalized spacial score (nSPS) is 18.3. The average molecular weight is 252 g/mol. The fraction of sp³-hybridized carbons (Fsp3) is 0.769. The minimum absolute atomic E-state index is 0.607. The van der Waals surface area contributed by atoms with E-state index in [-0.39, 0.29) is 0 Å². The molecule has 0 atom stereocenters. The van der Waals surface area contributed by atoms with Gasteiger partial charge in [0.1, 0.15) is 0 Å². The summed E-state index contributed by atoms with van der Waals surface area (Å²) in [5, 5.41) is 9.83. The molecule has 0 saturated carbocycles. The molecule has 1 N–H and O–H groups in total. The van der Waals surface area contributed by atoms with Crippen LogP contribution >= 0.6 is 0 Å². The van der Waals surface area contributed by atoms with Crippen molar-refractivity contribution in [1.82, 2.24) is 14.5 Å². The molecule has 5 heteroatoms. The Labute approximate surface area is 109 Å². The number of nitrogens with zero attached hydrogens (tertiary/aromatic N) is 4. The van der Waals surface area contributed by atoms with Crippen molar-refractivity contribution in [2.45, 2.75) is 32.9 Å². The van der Waals surface area contributed by atoms with E-state index in [9.17, 15) is 5.11 Å². The Morgan fingerprint density at radius 1 is 1.28 bits per heavy atom. The van der Waals surface area contributed by atoms with Crippen LogP contribution < -0.4 is 4.90 Å². The van der Waals surface area contributed by atoms with Crippen LogP contribution in [0.1, 0.15) is 20.8 Å². The molecule has 1 fully saturated rings. The highest BCUT2D eigenvalue weighted by Crippen LogP contribution is 2.15. The van der Waals surface area contributed by atoms with Crippen molar-refractivity contribution in [3.63, 3.8) is 0 Å². The van der Waals surface area contributed by atoms with E-state index in [1.165, 1.54) is 0 Å². The quantitative estimate of drug-likeness (QED) is 0.861. The number of hydrogen-bond acceptors (Lipinski definition) is 4. The van der Waals surface area contributed by atoms with E-state index in [4.69, 9.17) is 0 Å². The topological polar surface area (TPSA) is 44.5 Å². The number of anilines is 1. The number of piperazine rings is 1. The van der Waals surface area contributed by atoms with Crippen molar-refractivity contribution >= 4 is 5.95 Å². The Hall–Kier alpha value is -1.07. The van der Waals surface area contributed by atoms with E-state index in [0.717, 1.165) is 45.2 Å². The number of rotatable bonds is 4. The number of aromatic nitrogens is 2. The zero-order valence-corrected chi connectivity index (χ0v) is 11.6. The molecule has 1 aromatic heterocycles. The van der Waals surface area contributed by atoms with Gasteiger partial charge in [0, 0.05) is 51.7 Å². The Bertz CT molecular complexity index is 375. The minimum atomic E-state index is -0.607. The van der Waals surface area contributed by atoms with Gasteiger partial charge in [-0.3, -0.25) is 4.90 Å². The van der Waals surface area contributed by atoms with E-state index in [0.29, 0.717) is 0 Å². The smallest absolute Gasteiger partial charge is 0.205 e. The second-order valence-electron chi connectivity index (χ2n) is 5.59. The standard InChI is InChI=1S/C13H24N4O/c1-4-16-6-5-14-12(16)17-9-7-15(8-10-17)11-13(2,3)18/h5-6,18H,4,7-11H2,1-3H3. The Morgan fingerprint density at radius 2 is 1.94 bits per heavy atom. The first kappa shape index (κ1) is 13.4. The van der Waals surface area contributed by atoms with Crippen molar-refractivity contribution in [3.05, 3.63) is 12.4 Å². The lowest BCUT2D eigenvalue weighted by Crippen LogP contribution is -2.51. The van der Waals surface area contributed by atoms with Gasteiger partial charge in [-0.25, -0.2) is 4.98 Å². The summed E-state index contributed by atoms with van der Waals surface area (Å²) in [4.78, 5) is 9.07. The largest absolute Gasteiger partial charge is 0.389 e. The zero-order chi connectivity index (χ0) is 13.2. The molecular weight excluding hydrogens is 228 g/mol. The van der Waals surface area contributed by atoms with Crippen LogP contribution in [0.15, 0.2) is 12.4 Å². The van der Waals surface area contributed by atoms with E-state index in [1.54, 1.807) is 0 Å². The van der Waals surface area contributed by atoms with Crippen LogP contribution in [0.5, 0.6) is 0 Å². The summed E-state index contributed by atoms with van der Waals surface area (Å²) in [5.74, 6) is 1.07. The molecule has 102 valence electrons. The van der Waals surface area contributed by atoms with Crippen molar-refractivity contribution < 1.29 is 5.11 Å². The second kappa shape index (κ2) is 5.28. The van der Waals surface area contributed by atoms with Crippen LogP contribution in [-0.4, -0.2) is 57.9 Å². The van der Waals surface area contributed by atoms with E-state index in [2.05, 4.69) is 26.3 Å². The maximum Gasteiger partial charge on any atom is 0.205 e. The molecule has 1 saturated heterocycles. The first-order chi connectivity index (χ1) is 8.49. The molecular formula is C13H24N4O. The van der Waals surface area contributed by atoms with Crippen molar-refractivity contribution in [2.24, 2.45) is 0 Å². The molecule has 2 rings (SSSR count). The van der Waals surface area contributed by atoms with Crippen LogP contribution in [0.2, 0.25) is 0 Å². The Balaban J connectivity index is 1.91. The second-order valence-corrected chi connectivity index (χ2v) is 5.59. The molecule has 0 radical (unpaired) electrons. The number of hydrogen-bond donors (Lipinski definition) is 1. The summed E-state index contributed by atoms with van der Waals surface area (Å²) < 4.78 is 2.17. The van der Waals surface area contributed by atoms with Gasteiger partial charge in [0.2, 0.25) is 5.95 Å². The molecule has 0 amide bonds. The van der Waals surface area contributed by atoms with Crippen LogP contribution in [0.25, 0.3) is 0 Å². The molecule has 0 unspecified atom stereocenters. The third-order valence-corrected chi connectivity index (χ3v) is 3.30. The number of imidazole rings is 1. The fourth-order valence-electron chi connectivity index (χ4n) is 2.48. The SMILES string of the molecule is CCn1ccnc1N1CCN(CC(C)(C)O)CC1. The highest BCUT2D eigenvalue weighted by molar-refractivity contribution is 5.32. The van der Waals surface area contributed by atoms with Gasteiger partial charge < -0.3 is 14.6 Å². The minimum Gasteiger partial charge on any atom is -0.389 e. The van der Waals surface area contributed by atoms with Crippen LogP contribution in [0.3, 0.4) is 0 Å².